The predicted molar refractivity (Wildman–Crippen MR) is 188 cm³/mol. The smallest absolute Gasteiger partial charge is 0.410 e. The van der Waals surface area contributed by atoms with Crippen LogP contribution in [0.4, 0.5) is 4.79 Å². The number of nitrogens with zero attached hydrogens (tertiary/aromatic N) is 4. The van der Waals surface area contributed by atoms with Crippen molar-refractivity contribution >= 4 is 40.7 Å². The third kappa shape index (κ3) is 6.07. The molecule has 0 saturated carbocycles. The number of aromatic hydroxyl groups is 1. The minimum absolute atomic E-state index is 0.0474. The Balaban J connectivity index is 1.06. The van der Waals surface area contributed by atoms with Gasteiger partial charge < -0.3 is 28.8 Å². The van der Waals surface area contributed by atoms with Gasteiger partial charge in [0.1, 0.15) is 25.5 Å². The number of rotatable bonds is 9. The number of carbonyl (C=O) groups is 5. The monoisotopic (exact) mass is 722 g/mol. The number of esters is 2. The number of hydrogen-bond donors (Lipinski definition) is 1. The molecule has 0 aliphatic carbocycles. The number of carbonyl (C=O) groups excluding carboxylic acids is 5. The van der Waals surface area contributed by atoms with Gasteiger partial charge in [0.05, 0.1) is 35.6 Å². The summed E-state index contributed by atoms with van der Waals surface area (Å²) < 4.78 is 18.3. The van der Waals surface area contributed by atoms with Crippen molar-refractivity contribution in [1.29, 1.82) is 0 Å². The SMILES string of the molecule is CCc1c2c(nc3ccc(O)cc13)-c1cc3c(c(=O)n1C2)COC(=O)C3(CC)OC(=O)CN(C)C(=O)OCc1ccc(CN2C(=O)CC(C)C2=O)cc1. The topological polar surface area (TPSA) is 175 Å². The molecule has 5 heterocycles. The summed E-state index contributed by atoms with van der Waals surface area (Å²) in [4.78, 5) is 85.2. The lowest BCUT2D eigenvalue weighted by Gasteiger charge is -2.36. The van der Waals surface area contributed by atoms with E-state index in [9.17, 15) is 33.9 Å². The number of imide groups is 1. The largest absolute Gasteiger partial charge is 0.508 e. The Morgan fingerprint density at radius 2 is 1.77 bits per heavy atom. The zero-order chi connectivity index (χ0) is 37.8. The molecule has 0 spiro atoms. The molecule has 2 aromatic carbocycles. The normalized spacial score (nSPS) is 18.8. The molecule has 14 nitrogen and oxygen atoms in total. The quantitative estimate of drug-likeness (QED) is 0.132. The van der Waals surface area contributed by atoms with Crippen LogP contribution in [0.15, 0.2) is 53.3 Å². The van der Waals surface area contributed by atoms with Crippen LogP contribution in [0.3, 0.4) is 0 Å². The summed E-state index contributed by atoms with van der Waals surface area (Å²) in [7, 11) is 1.35. The molecule has 0 radical (unpaired) electrons. The number of likely N-dealkylation sites (tertiary alicyclic amines) is 1. The van der Waals surface area contributed by atoms with E-state index in [-0.39, 0.29) is 73.8 Å². The van der Waals surface area contributed by atoms with Gasteiger partial charge in [-0.1, -0.05) is 45.0 Å². The molecule has 1 N–H and O–H groups in total. The number of cyclic esters (lactones) is 1. The molecule has 1 saturated heterocycles. The fourth-order valence-electron chi connectivity index (χ4n) is 7.39. The number of phenolic OH excluding ortho intramolecular Hbond substituents is 1. The summed E-state index contributed by atoms with van der Waals surface area (Å²) in [6.07, 6.45) is -0.0475. The highest BCUT2D eigenvalue weighted by molar-refractivity contribution is 6.03. The maximum absolute atomic E-state index is 14.0. The third-order valence-corrected chi connectivity index (χ3v) is 10.3. The van der Waals surface area contributed by atoms with Crippen molar-refractivity contribution in [1.82, 2.24) is 19.4 Å². The number of aryl methyl sites for hydroxylation is 1. The molecule has 7 rings (SSSR count). The molecule has 274 valence electrons. The van der Waals surface area contributed by atoms with Crippen LogP contribution < -0.4 is 5.56 Å². The Morgan fingerprint density at radius 3 is 2.45 bits per heavy atom. The average Bonchev–Trinajstić information content (AvgIpc) is 3.62. The Labute approximate surface area is 303 Å². The molecule has 2 unspecified atom stereocenters. The van der Waals surface area contributed by atoms with E-state index in [2.05, 4.69) is 0 Å². The molecule has 1 fully saturated rings. The highest BCUT2D eigenvalue weighted by Crippen LogP contribution is 2.42. The molecule has 3 aliphatic heterocycles. The van der Waals surface area contributed by atoms with Gasteiger partial charge in [0.2, 0.25) is 17.4 Å². The summed E-state index contributed by atoms with van der Waals surface area (Å²) in [6.45, 7) is 4.77. The van der Waals surface area contributed by atoms with Crippen molar-refractivity contribution < 1.29 is 43.3 Å². The molecular weight excluding hydrogens is 684 g/mol. The van der Waals surface area contributed by atoms with Gasteiger partial charge in [-0.05, 0) is 53.8 Å². The molecule has 53 heavy (non-hydrogen) atoms. The summed E-state index contributed by atoms with van der Waals surface area (Å²) >= 11 is 0. The maximum atomic E-state index is 14.0. The van der Waals surface area contributed by atoms with Crippen molar-refractivity contribution in [2.24, 2.45) is 5.92 Å². The number of benzene rings is 2. The maximum Gasteiger partial charge on any atom is 0.410 e. The lowest BCUT2D eigenvalue weighted by molar-refractivity contribution is -0.189. The van der Waals surface area contributed by atoms with Gasteiger partial charge in [-0.2, -0.15) is 0 Å². The van der Waals surface area contributed by atoms with Gasteiger partial charge in [-0.3, -0.25) is 24.1 Å². The van der Waals surface area contributed by atoms with Gasteiger partial charge in [-0.15, -0.1) is 0 Å². The van der Waals surface area contributed by atoms with Gasteiger partial charge >= 0.3 is 18.0 Å². The van der Waals surface area contributed by atoms with Crippen LogP contribution in [0.1, 0.15) is 67.0 Å². The number of hydrogen-bond acceptors (Lipinski definition) is 11. The number of pyridine rings is 2. The van der Waals surface area contributed by atoms with Crippen molar-refractivity contribution in [3.8, 4) is 17.1 Å². The fraction of sp³-hybridized carbons (Fsp3) is 0.359. The standard InChI is InChI=1S/C39H38N4O10/c1-5-25-26-14-24(44)11-12-30(26)40-34-27(25)17-42-31(34)15-29-28(36(42)48)20-51-37(49)39(29,6-2)53-33(46)18-41(4)38(50)52-19-23-9-7-22(8-10-23)16-43-32(45)13-21(3)35(43)47/h7-12,14-15,21,44H,5-6,13,16-20H2,1-4H3. The Kier molecular flexibility index (Phi) is 9.00. The first-order valence-corrected chi connectivity index (χ1v) is 17.5. The Hall–Kier alpha value is -6.05. The molecule has 3 aliphatic rings. The highest BCUT2D eigenvalue weighted by atomic mass is 16.6. The molecule has 0 bridgehead atoms. The molecule has 3 amide bonds. The van der Waals surface area contributed by atoms with Crippen LogP contribution in [0.25, 0.3) is 22.3 Å². The van der Waals surface area contributed by atoms with Crippen molar-refractivity contribution in [2.45, 2.75) is 71.9 Å². The first-order valence-electron chi connectivity index (χ1n) is 17.5. The van der Waals surface area contributed by atoms with Gasteiger partial charge in [0.15, 0.2) is 0 Å². The van der Waals surface area contributed by atoms with Crippen LogP contribution >= 0.6 is 0 Å². The average molecular weight is 723 g/mol. The zero-order valence-corrected chi connectivity index (χ0v) is 29.8. The first-order chi connectivity index (χ1) is 25.3. The molecule has 2 aromatic heterocycles. The van der Waals surface area contributed by atoms with E-state index in [1.54, 1.807) is 66.9 Å². The van der Waals surface area contributed by atoms with Crippen molar-refractivity contribution in [2.75, 3.05) is 13.6 Å². The molecule has 2 atom stereocenters. The van der Waals surface area contributed by atoms with E-state index in [4.69, 9.17) is 19.2 Å². The van der Waals surface area contributed by atoms with Crippen LogP contribution in [0, 0.1) is 5.92 Å². The van der Waals surface area contributed by atoms with Gasteiger partial charge in [-0.25, -0.2) is 14.6 Å². The van der Waals surface area contributed by atoms with E-state index >= 15 is 0 Å². The minimum atomic E-state index is -1.95. The lowest BCUT2D eigenvalue weighted by Crippen LogP contribution is -2.48. The fourth-order valence-corrected chi connectivity index (χ4v) is 7.39. The number of likely N-dealkylation sites (N-methyl/N-ethyl adjacent to an activating group) is 1. The van der Waals surface area contributed by atoms with Crippen molar-refractivity contribution in [3.63, 3.8) is 0 Å². The van der Waals surface area contributed by atoms with Crippen LogP contribution in [0.2, 0.25) is 0 Å². The number of amides is 3. The number of ether oxygens (including phenoxy) is 3. The van der Waals surface area contributed by atoms with Crippen LogP contribution in [-0.4, -0.2) is 67.9 Å². The van der Waals surface area contributed by atoms with E-state index in [0.29, 0.717) is 28.9 Å². The van der Waals surface area contributed by atoms with E-state index in [1.165, 1.54) is 11.9 Å². The lowest BCUT2D eigenvalue weighted by atomic mass is 9.85. The number of fused-ring (bicyclic) bond motifs is 5. The zero-order valence-electron chi connectivity index (χ0n) is 29.8. The summed E-state index contributed by atoms with van der Waals surface area (Å²) in [5, 5.41) is 10.9. The predicted octanol–water partition coefficient (Wildman–Crippen LogP) is 4.06. The summed E-state index contributed by atoms with van der Waals surface area (Å²) in [5.41, 5.74) is 2.88. The molecule has 14 heteroatoms. The second-order valence-electron chi connectivity index (χ2n) is 13.7. The Bertz CT molecular complexity index is 2280. The Morgan fingerprint density at radius 1 is 1.04 bits per heavy atom. The van der Waals surface area contributed by atoms with Crippen LogP contribution in [0.5, 0.6) is 5.75 Å². The number of aromatic nitrogens is 2. The minimum Gasteiger partial charge on any atom is -0.508 e. The van der Waals surface area contributed by atoms with E-state index in [0.717, 1.165) is 27.0 Å². The summed E-state index contributed by atoms with van der Waals surface area (Å²) in [6, 6.07) is 13.5. The summed E-state index contributed by atoms with van der Waals surface area (Å²) in [5.74, 6) is -2.38. The number of phenols is 1. The van der Waals surface area contributed by atoms with E-state index < -0.39 is 35.7 Å². The first kappa shape index (κ1) is 35.4. The second-order valence-corrected chi connectivity index (χ2v) is 13.7. The van der Waals surface area contributed by atoms with Crippen LogP contribution in [-0.2, 0) is 71.7 Å². The molecular formula is C39H38N4O10. The third-order valence-electron chi connectivity index (χ3n) is 10.3. The van der Waals surface area contributed by atoms with Gasteiger partial charge in [0.25, 0.3) is 5.56 Å². The van der Waals surface area contributed by atoms with Gasteiger partial charge in [0, 0.05) is 35.9 Å². The van der Waals surface area contributed by atoms with Crippen molar-refractivity contribution in [3.05, 3.63) is 92.3 Å². The highest BCUT2D eigenvalue weighted by Gasteiger charge is 2.50. The molecule has 4 aromatic rings. The second kappa shape index (κ2) is 13.5. The van der Waals surface area contributed by atoms with E-state index in [1.807, 2.05) is 6.92 Å².